The van der Waals surface area contributed by atoms with E-state index in [-0.39, 0.29) is 5.75 Å². The lowest BCUT2D eigenvalue weighted by molar-refractivity contribution is 0.373. The van der Waals surface area contributed by atoms with Gasteiger partial charge in [-0.05, 0) is 30.3 Å². The summed E-state index contributed by atoms with van der Waals surface area (Å²) in [5.74, 6) is 0.970. The Morgan fingerprint density at radius 3 is 2.55 bits per heavy atom. The predicted octanol–water partition coefficient (Wildman–Crippen LogP) is 4.27. The van der Waals surface area contributed by atoms with Crippen molar-refractivity contribution >= 4 is 39.4 Å². The molecule has 0 heterocycles. The van der Waals surface area contributed by atoms with Crippen LogP contribution >= 0.6 is 27.5 Å². The molecule has 0 amide bonds. The van der Waals surface area contributed by atoms with Crippen molar-refractivity contribution < 1.29 is 14.6 Å². The van der Waals surface area contributed by atoms with Crippen LogP contribution in [0.1, 0.15) is 5.56 Å². The summed E-state index contributed by atoms with van der Waals surface area (Å²) in [6.07, 6.45) is 1.49. The van der Waals surface area contributed by atoms with Crippen LogP contribution in [-0.4, -0.2) is 25.5 Å². The molecule has 0 radical (unpaired) electrons. The number of hydrogen-bond acceptors (Lipinski definition) is 5. The summed E-state index contributed by atoms with van der Waals surface area (Å²) in [6.45, 7) is 0. The highest BCUT2D eigenvalue weighted by atomic mass is 79.9. The molecule has 0 atom stereocenters. The summed E-state index contributed by atoms with van der Waals surface area (Å²) in [5.41, 5.74) is 4.04. The zero-order chi connectivity index (χ0) is 16.1. The van der Waals surface area contributed by atoms with Gasteiger partial charge in [0.2, 0.25) is 0 Å². The number of hydrazone groups is 1. The molecule has 2 aromatic rings. The minimum atomic E-state index is 0.0176. The minimum absolute atomic E-state index is 0.0176. The van der Waals surface area contributed by atoms with Gasteiger partial charge in [-0.2, -0.15) is 5.10 Å². The van der Waals surface area contributed by atoms with Crippen LogP contribution in [0, 0.1) is 0 Å². The maximum atomic E-state index is 10.0. The zero-order valence-corrected chi connectivity index (χ0v) is 14.3. The first-order valence-electron chi connectivity index (χ1n) is 6.24. The number of nitrogens with zero attached hydrogens (tertiary/aromatic N) is 1. The Balaban J connectivity index is 2.16. The van der Waals surface area contributed by atoms with Gasteiger partial charge in [0.15, 0.2) is 11.5 Å². The van der Waals surface area contributed by atoms with Gasteiger partial charge in [-0.15, -0.1) is 0 Å². The summed E-state index contributed by atoms with van der Waals surface area (Å²) in [6, 6.07) is 8.61. The SMILES string of the molecule is COc1ccc(N/N=C/c2cc(Br)cc(OC)c2O)cc1Cl. The molecule has 0 aliphatic heterocycles. The first kappa shape index (κ1) is 16.5. The number of rotatable bonds is 5. The van der Waals surface area contributed by atoms with Crippen LogP contribution in [0.2, 0.25) is 5.02 Å². The Labute approximate surface area is 141 Å². The van der Waals surface area contributed by atoms with E-state index in [1.165, 1.54) is 13.3 Å². The van der Waals surface area contributed by atoms with E-state index in [2.05, 4.69) is 26.5 Å². The molecule has 0 saturated carbocycles. The topological polar surface area (TPSA) is 63.1 Å². The molecule has 0 aliphatic carbocycles. The van der Waals surface area contributed by atoms with Gasteiger partial charge < -0.3 is 14.6 Å². The van der Waals surface area contributed by atoms with Gasteiger partial charge in [0, 0.05) is 10.0 Å². The van der Waals surface area contributed by atoms with Gasteiger partial charge >= 0.3 is 0 Å². The molecule has 0 bridgehead atoms. The highest BCUT2D eigenvalue weighted by Crippen LogP contribution is 2.32. The number of benzene rings is 2. The first-order valence-corrected chi connectivity index (χ1v) is 7.41. The van der Waals surface area contributed by atoms with E-state index in [0.29, 0.717) is 27.8 Å². The number of phenolic OH excluding ortho intramolecular Hbond substituents is 1. The standard InChI is InChI=1S/C15H14BrClN2O3/c1-21-13-4-3-11(7-12(13)17)19-18-8-9-5-10(16)6-14(22-2)15(9)20/h3-8,19-20H,1-2H3/b18-8+. The summed E-state index contributed by atoms with van der Waals surface area (Å²) in [4.78, 5) is 0. The van der Waals surface area contributed by atoms with E-state index in [4.69, 9.17) is 21.1 Å². The zero-order valence-electron chi connectivity index (χ0n) is 11.9. The third kappa shape index (κ3) is 3.84. The Kier molecular flexibility index (Phi) is 5.51. The normalized spacial score (nSPS) is 10.7. The molecule has 0 fully saturated rings. The molecule has 7 heteroatoms. The number of ether oxygens (including phenoxy) is 2. The number of methoxy groups -OCH3 is 2. The highest BCUT2D eigenvalue weighted by molar-refractivity contribution is 9.10. The number of nitrogens with one attached hydrogen (secondary N) is 1. The van der Waals surface area contributed by atoms with Gasteiger partial charge in [-0.1, -0.05) is 27.5 Å². The number of anilines is 1. The Hall–Kier alpha value is -1.92. The molecule has 0 spiro atoms. The van der Waals surface area contributed by atoms with Gasteiger partial charge in [-0.3, -0.25) is 5.43 Å². The van der Waals surface area contributed by atoms with Crippen molar-refractivity contribution in [1.82, 2.24) is 0 Å². The maximum Gasteiger partial charge on any atom is 0.166 e. The van der Waals surface area contributed by atoms with Crippen molar-refractivity contribution in [1.29, 1.82) is 0 Å². The van der Waals surface area contributed by atoms with Crippen molar-refractivity contribution in [3.8, 4) is 17.2 Å². The van der Waals surface area contributed by atoms with E-state index < -0.39 is 0 Å². The fraction of sp³-hybridized carbons (Fsp3) is 0.133. The molecular weight excluding hydrogens is 372 g/mol. The average molecular weight is 386 g/mol. The molecule has 2 aromatic carbocycles. The van der Waals surface area contributed by atoms with Gasteiger partial charge in [0.05, 0.1) is 31.1 Å². The van der Waals surface area contributed by atoms with E-state index in [9.17, 15) is 5.11 Å². The fourth-order valence-corrected chi connectivity index (χ4v) is 2.47. The molecule has 0 aliphatic rings. The van der Waals surface area contributed by atoms with Gasteiger partial charge in [-0.25, -0.2) is 0 Å². The lowest BCUT2D eigenvalue weighted by Crippen LogP contribution is -1.93. The Morgan fingerprint density at radius 2 is 1.91 bits per heavy atom. The molecule has 2 rings (SSSR count). The summed E-state index contributed by atoms with van der Waals surface area (Å²) in [5, 5.41) is 14.6. The largest absolute Gasteiger partial charge is 0.504 e. The monoisotopic (exact) mass is 384 g/mol. The second-order valence-corrected chi connectivity index (χ2v) is 5.59. The predicted molar refractivity (Wildman–Crippen MR) is 91.6 cm³/mol. The van der Waals surface area contributed by atoms with E-state index in [1.807, 2.05) is 0 Å². The summed E-state index contributed by atoms with van der Waals surface area (Å²) in [7, 11) is 3.04. The number of phenols is 1. The van der Waals surface area contributed by atoms with Crippen LogP contribution < -0.4 is 14.9 Å². The van der Waals surface area contributed by atoms with Crippen molar-refractivity contribution in [2.45, 2.75) is 0 Å². The quantitative estimate of drug-likeness (QED) is 0.596. The molecule has 5 nitrogen and oxygen atoms in total. The van der Waals surface area contributed by atoms with Crippen molar-refractivity contribution in [3.05, 3.63) is 45.4 Å². The van der Waals surface area contributed by atoms with E-state index in [1.54, 1.807) is 37.4 Å². The van der Waals surface area contributed by atoms with Crippen LogP contribution in [0.25, 0.3) is 0 Å². The maximum absolute atomic E-state index is 10.0. The molecule has 0 aromatic heterocycles. The Bertz CT molecular complexity index is 707. The Morgan fingerprint density at radius 1 is 1.18 bits per heavy atom. The van der Waals surface area contributed by atoms with Crippen LogP contribution in [0.3, 0.4) is 0 Å². The van der Waals surface area contributed by atoms with Crippen molar-refractivity contribution in [3.63, 3.8) is 0 Å². The molecule has 0 unspecified atom stereocenters. The lowest BCUT2D eigenvalue weighted by atomic mass is 10.2. The average Bonchev–Trinajstić information content (AvgIpc) is 2.50. The lowest BCUT2D eigenvalue weighted by Gasteiger charge is -2.07. The van der Waals surface area contributed by atoms with E-state index >= 15 is 0 Å². The number of halogens is 2. The smallest absolute Gasteiger partial charge is 0.166 e. The first-order chi connectivity index (χ1) is 10.5. The van der Waals surface area contributed by atoms with Crippen molar-refractivity contribution in [2.24, 2.45) is 5.10 Å². The van der Waals surface area contributed by atoms with Gasteiger partial charge in [0.1, 0.15) is 5.75 Å². The van der Waals surface area contributed by atoms with E-state index in [0.717, 1.165) is 4.47 Å². The van der Waals surface area contributed by atoms with Crippen LogP contribution in [0.5, 0.6) is 17.2 Å². The highest BCUT2D eigenvalue weighted by Gasteiger charge is 2.08. The second-order valence-electron chi connectivity index (χ2n) is 4.27. The summed E-state index contributed by atoms with van der Waals surface area (Å²) < 4.78 is 10.9. The third-order valence-corrected chi connectivity index (χ3v) is 3.59. The fourth-order valence-electron chi connectivity index (χ4n) is 1.76. The third-order valence-electron chi connectivity index (χ3n) is 2.84. The molecule has 2 N–H and O–H groups in total. The van der Waals surface area contributed by atoms with Crippen molar-refractivity contribution in [2.75, 3.05) is 19.6 Å². The molecule has 22 heavy (non-hydrogen) atoms. The number of hydrogen-bond donors (Lipinski definition) is 2. The van der Waals surface area contributed by atoms with Crippen LogP contribution in [0.4, 0.5) is 5.69 Å². The molecular formula is C15H14BrClN2O3. The van der Waals surface area contributed by atoms with Crippen LogP contribution in [0.15, 0.2) is 39.9 Å². The number of aromatic hydroxyl groups is 1. The summed E-state index contributed by atoms with van der Waals surface area (Å²) >= 11 is 9.38. The molecule has 0 saturated heterocycles. The van der Waals surface area contributed by atoms with Crippen LogP contribution in [-0.2, 0) is 0 Å². The van der Waals surface area contributed by atoms with Gasteiger partial charge in [0.25, 0.3) is 0 Å². The second kappa shape index (κ2) is 7.38. The minimum Gasteiger partial charge on any atom is -0.504 e. The molecule has 116 valence electrons.